The number of ether oxygens (including phenoxy) is 3. The summed E-state index contributed by atoms with van der Waals surface area (Å²) in [4.78, 5) is 12.7. The van der Waals surface area contributed by atoms with Crippen molar-refractivity contribution >= 4 is 5.97 Å². The van der Waals surface area contributed by atoms with Crippen molar-refractivity contribution in [3.05, 3.63) is 12.2 Å². The molecule has 4 rings (SSSR count). The highest BCUT2D eigenvalue weighted by atomic mass is 16.7. The van der Waals surface area contributed by atoms with Crippen LogP contribution < -0.4 is 0 Å². The van der Waals surface area contributed by atoms with E-state index in [1.54, 1.807) is 0 Å². The molecule has 0 aromatic rings. The fourth-order valence-electron chi connectivity index (χ4n) is 4.46. The third-order valence-corrected chi connectivity index (χ3v) is 5.47. The van der Waals surface area contributed by atoms with E-state index in [-0.39, 0.29) is 23.9 Å². The van der Waals surface area contributed by atoms with E-state index in [4.69, 9.17) is 14.2 Å². The Morgan fingerprint density at radius 3 is 2.57 bits per heavy atom. The van der Waals surface area contributed by atoms with Gasteiger partial charge in [0.2, 0.25) is 0 Å². The summed E-state index contributed by atoms with van der Waals surface area (Å²) in [7, 11) is 0. The van der Waals surface area contributed by atoms with Gasteiger partial charge in [0.15, 0.2) is 5.79 Å². The second kappa shape index (κ2) is 5.10. The van der Waals surface area contributed by atoms with Crippen LogP contribution in [0.4, 0.5) is 0 Å². The first-order valence-electron chi connectivity index (χ1n) is 8.06. The number of allylic oxidation sites excluding steroid dienone is 2. The molecule has 0 spiro atoms. The van der Waals surface area contributed by atoms with Crippen LogP contribution in [0.25, 0.3) is 0 Å². The molecule has 0 aromatic heterocycles. The quantitative estimate of drug-likeness (QED) is 0.593. The van der Waals surface area contributed by atoms with Crippen molar-refractivity contribution in [3.63, 3.8) is 0 Å². The van der Waals surface area contributed by atoms with Gasteiger partial charge in [-0.15, -0.1) is 0 Å². The smallest absolute Gasteiger partial charge is 0.312 e. The van der Waals surface area contributed by atoms with Crippen LogP contribution in [0.3, 0.4) is 0 Å². The normalized spacial score (nSPS) is 44.0. The maximum atomic E-state index is 12.7. The predicted molar refractivity (Wildman–Crippen MR) is 78.5 cm³/mol. The van der Waals surface area contributed by atoms with Gasteiger partial charge in [0.05, 0.1) is 24.7 Å². The highest BCUT2D eigenvalue weighted by Crippen LogP contribution is 2.56. The molecule has 1 aliphatic heterocycles. The summed E-state index contributed by atoms with van der Waals surface area (Å²) in [5.74, 6) is 0.135. The lowest BCUT2D eigenvalue weighted by Crippen LogP contribution is -2.55. The van der Waals surface area contributed by atoms with Crippen molar-refractivity contribution in [3.8, 4) is 0 Å². The second-order valence-corrected chi connectivity index (χ2v) is 7.13. The van der Waals surface area contributed by atoms with Crippen LogP contribution in [0.5, 0.6) is 0 Å². The minimum Gasteiger partial charge on any atom is -0.466 e. The number of rotatable bonds is 3. The van der Waals surface area contributed by atoms with E-state index in [9.17, 15) is 4.79 Å². The average Bonchev–Trinajstić information content (AvgIpc) is 2.80. The highest BCUT2D eigenvalue weighted by Gasteiger charge is 2.59. The van der Waals surface area contributed by atoms with Crippen LogP contribution in [-0.2, 0) is 19.0 Å². The molecule has 2 fully saturated rings. The van der Waals surface area contributed by atoms with Crippen molar-refractivity contribution in [2.45, 2.75) is 52.4 Å². The molecule has 0 aromatic carbocycles. The Labute approximate surface area is 126 Å². The molecular formula is C17H26O4. The number of carbonyl (C=O) groups is 1. The Hall–Kier alpha value is -0.870. The first-order chi connectivity index (χ1) is 9.88. The maximum Gasteiger partial charge on any atom is 0.312 e. The SMILES string of the molecule is CCOC(=O)[C@]1(C)[C@@H]([C@@H]2COC(C)(C)O2)[C@@H]2C=C[C@H]1CC2. The summed E-state index contributed by atoms with van der Waals surface area (Å²) in [6, 6.07) is 0. The van der Waals surface area contributed by atoms with Gasteiger partial charge in [-0.1, -0.05) is 12.2 Å². The topological polar surface area (TPSA) is 44.8 Å². The van der Waals surface area contributed by atoms with Gasteiger partial charge in [-0.05, 0) is 52.4 Å². The highest BCUT2D eigenvalue weighted by molar-refractivity contribution is 5.78. The Balaban J connectivity index is 1.92. The van der Waals surface area contributed by atoms with Gasteiger partial charge in [-0.3, -0.25) is 4.79 Å². The van der Waals surface area contributed by atoms with Crippen molar-refractivity contribution in [2.24, 2.45) is 23.2 Å². The molecule has 1 heterocycles. The van der Waals surface area contributed by atoms with Crippen LogP contribution in [0.1, 0.15) is 40.5 Å². The first-order valence-corrected chi connectivity index (χ1v) is 8.06. The molecule has 2 bridgehead atoms. The Kier molecular flexibility index (Phi) is 3.65. The molecular weight excluding hydrogens is 268 g/mol. The summed E-state index contributed by atoms with van der Waals surface area (Å²) >= 11 is 0. The Bertz CT molecular complexity index is 456. The molecule has 0 amide bonds. The summed E-state index contributed by atoms with van der Waals surface area (Å²) < 4.78 is 17.3. The predicted octanol–water partition coefficient (Wildman–Crippen LogP) is 2.92. The van der Waals surface area contributed by atoms with Crippen LogP contribution >= 0.6 is 0 Å². The van der Waals surface area contributed by atoms with E-state index in [1.165, 1.54) is 0 Å². The molecule has 0 unspecified atom stereocenters. The van der Waals surface area contributed by atoms with Crippen molar-refractivity contribution in [1.82, 2.24) is 0 Å². The molecule has 21 heavy (non-hydrogen) atoms. The van der Waals surface area contributed by atoms with Gasteiger partial charge in [0.1, 0.15) is 0 Å². The zero-order chi connectivity index (χ0) is 15.3. The number of esters is 1. The first kappa shape index (κ1) is 15.0. The molecule has 4 heteroatoms. The summed E-state index contributed by atoms with van der Waals surface area (Å²) in [6.45, 7) is 8.78. The lowest BCUT2D eigenvalue weighted by atomic mass is 9.52. The zero-order valence-corrected chi connectivity index (χ0v) is 13.4. The number of hydrogen-bond donors (Lipinski definition) is 0. The largest absolute Gasteiger partial charge is 0.466 e. The van der Waals surface area contributed by atoms with Crippen molar-refractivity contribution in [2.75, 3.05) is 13.2 Å². The fourth-order valence-corrected chi connectivity index (χ4v) is 4.46. The third-order valence-electron chi connectivity index (χ3n) is 5.47. The van der Waals surface area contributed by atoms with Crippen LogP contribution in [-0.4, -0.2) is 31.1 Å². The van der Waals surface area contributed by atoms with Gasteiger partial charge >= 0.3 is 5.97 Å². The van der Waals surface area contributed by atoms with Gasteiger partial charge < -0.3 is 14.2 Å². The van der Waals surface area contributed by atoms with E-state index in [2.05, 4.69) is 19.1 Å². The Morgan fingerprint density at radius 1 is 1.29 bits per heavy atom. The van der Waals surface area contributed by atoms with E-state index in [0.717, 1.165) is 12.8 Å². The molecule has 5 atom stereocenters. The zero-order valence-electron chi connectivity index (χ0n) is 13.4. The molecule has 3 aliphatic carbocycles. The average molecular weight is 294 g/mol. The molecule has 118 valence electrons. The lowest BCUT2D eigenvalue weighted by molar-refractivity contribution is -0.184. The second-order valence-electron chi connectivity index (χ2n) is 7.13. The molecule has 1 saturated carbocycles. The standard InChI is InChI=1S/C17H26O4/c1-5-19-15(18)17(4)12-8-6-11(7-9-12)14(17)13-10-20-16(2,3)21-13/h6,8,11-14H,5,7,9-10H2,1-4H3/t11-,12+,13+,14-,17+/m1/s1. The maximum absolute atomic E-state index is 12.7. The molecule has 0 radical (unpaired) electrons. The van der Waals surface area contributed by atoms with Gasteiger partial charge in [-0.25, -0.2) is 0 Å². The monoisotopic (exact) mass is 294 g/mol. The van der Waals surface area contributed by atoms with Crippen molar-refractivity contribution in [1.29, 1.82) is 0 Å². The van der Waals surface area contributed by atoms with E-state index in [0.29, 0.717) is 19.1 Å². The van der Waals surface area contributed by atoms with Gasteiger partial charge in [0, 0.05) is 5.92 Å². The molecule has 4 nitrogen and oxygen atoms in total. The van der Waals surface area contributed by atoms with Crippen molar-refractivity contribution < 1.29 is 19.0 Å². The molecule has 1 saturated heterocycles. The van der Waals surface area contributed by atoms with Crippen LogP contribution in [0.2, 0.25) is 0 Å². The number of carbonyl (C=O) groups excluding carboxylic acids is 1. The summed E-state index contributed by atoms with van der Waals surface area (Å²) in [6.07, 6.45) is 6.63. The lowest BCUT2D eigenvalue weighted by Gasteiger charge is -2.52. The van der Waals surface area contributed by atoms with Crippen LogP contribution in [0.15, 0.2) is 12.2 Å². The minimum absolute atomic E-state index is 0.0350. The Morgan fingerprint density at radius 2 is 2.05 bits per heavy atom. The van der Waals surface area contributed by atoms with E-state index < -0.39 is 11.2 Å². The number of hydrogen-bond acceptors (Lipinski definition) is 4. The third kappa shape index (κ3) is 2.33. The minimum atomic E-state index is -0.555. The molecule has 0 N–H and O–H groups in total. The van der Waals surface area contributed by atoms with Crippen LogP contribution in [0, 0.1) is 23.2 Å². The molecule has 4 aliphatic rings. The number of fused-ring (bicyclic) bond motifs is 2. The summed E-state index contributed by atoms with van der Waals surface area (Å²) in [5.41, 5.74) is -0.498. The van der Waals surface area contributed by atoms with E-state index in [1.807, 2.05) is 20.8 Å². The fraction of sp³-hybridized carbons (Fsp3) is 0.824. The van der Waals surface area contributed by atoms with E-state index >= 15 is 0 Å². The van der Waals surface area contributed by atoms with Gasteiger partial charge in [-0.2, -0.15) is 0 Å². The summed E-state index contributed by atoms with van der Waals surface area (Å²) in [5, 5.41) is 0. The van der Waals surface area contributed by atoms with Gasteiger partial charge in [0.25, 0.3) is 0 Å².